The molecule has 1 heterocycles. The highest BCUT2D eigenvalue weighted by atomic mass is 16.6. The number of non-ortho nitro benzene ring substituents is 1. The highest BCUT2D eigenvalue weighted by molar-refractivity contribution is 5.95. The summed E-state index contributed by atoms with van der Waals surface area (Å²) in [5.41, 5.74) is 2.74. The molecule has 5 aliphatic rings. The van der Waals surface area contributed by atoms with Crippen LogP contribution in [-0.4, -0.2) is 28.6 Å². The largest absolute Gasteiger partial charge is 0.393 e. The molecule has 37 heavy (non-hydrogen) atoms. The number of fused-ring (bicyclic) bond motifs is 6. The zero-order valence-electron chi connectivity index (χ0n) is 22.7. The van der Waals surface area contributed by atoms with E-state index in [0.717, 1.165) is 60.6 Å². The van der Waals surface area contributed by atoms with Crippen molar-refractivity contribution in [3.63, 3.8) is 0 Å². The van der Waals surface area contributed by atoms with Crippen molar-refractivity contribution >= 4 is 17.3 Å². The normalized spacial score (nSPS) is 40.5. The number of anilines is 1. The van der Waals surface area contributed by atoms with Gasteiger partial charge in [0, 0.05) is 30.8 Å². The molecule has 0 spiro atoms. The first-order chi connectivity index (χ1) is 17.7. The quantitative estimate of drug-likeness (QED) is 0.355. The van der Waals surface area contributed by atoms with Crippen molar-refractivity contribution in [2.45, 2.75) is 103 Å². The maximum Gasteiger partial charge on any atom is 0.269 e. The summed E-state index contributed by atoms with van der Waals surface area (Å²) in [5.74, 6) is 4.13. The molecule has 6 rings (SSSR count). The summed E-state index contributed by atoms with van der Waals surface area (Å²) in [6.07, 6.45) is 14.5. The van der Waals surface area contributed by atoms with Gasteiger partial charge in [0.15, 0.2) is 0 Å². The van der Waals surface area contributed by atoms with Gasteiger partial charge in [0.05, 0.1) is 11.0 Å². The molecule has 1 N–H and O–H groups in total. The van der Waals surface area contributed by atoms with Crippen molar-refractivity contribution in [2.24, 2.45) is 40.4 Å². The van der Waals surface area contributed by atoms with Crippen molar-refractivity contribution < 1.29 is 14.8 Å². The molecule has 1 aliphatic heterocycles. The molecule has 4 fully saturated rings. The number of nitro groups is 1. The third-order valence-corrected chi connectivity index (χ3v) is 12.2. The molecular formula is C31H44N2O4. The first-order valence-corrected chi connectivity index (χ1v) is 15.0. The highest BCUT2D eigenvalue weighted by Gasteiger charge is 2.59. The van der Waals surface area contributed by atoms with Gasteiger partial charge in [0.25, 0.3) is 5.69 Å². The number of benzene rings is 1. The Kier molecular flexibility index (Phi) is 6.41. The summed E-state index contributed by atoms with van der Waals surface area (Å²) >= 11 is 0. The van der Waals surface area contributed by atoms with Gasteiger partial charge in [-0.2, -0.15) is 0 Å². The Labute approximate surface area is 221 Å². The average molecular weight is 509 g/mol. The Balaban J connectivity index is 1.06. The fourth-order valence-electron chi connectivity index (χ4n) is 10.2. The second kappa shape index (κ2) is 9.36. The van der Waals surface area contributed by atoms with E-state index in [0.29, 0.717) is 36.1 Å². The van der Waals surface area contributed by atoms with Crippen molar-refractivity contribution in [3.05, 3.63) is 33.9 Å². The summed E-state index contributed by atoms with van der Waals surface area (Å²) in [5, 5.41) is 21.4. The van der Waals surface area contributed by atoms with Crippen LogP contribution in [0.1, 0.15) is 96.5 Å². The minimum absolute atomic E-state index is 0.0744. The van der Waals surface area contributed by atoms with Gasteiger partial charge in [0.1, 0.15) is 0 Å². The van der Waals surface area contributed by atoms with Gasteiger partial charge in [-0.3, -0.25) is 14.9 Å². The Morgan fingerprint density at radius 1 is 1.08 bits per heavy atom. The molecule has 1 amide bonds. The van der Waals surface area contributed by atoms with E-state index < -0.39 is 0 Å². The molecule has 4 saturated carbocycles. The second-order valence-electron chi connectivity index (χ2n) is 13.7. The highest BCUT2D eigenvalue weighted by Crippen LogP contribution is 2.67. The standard InChI is InChI=1S/C31H44N2O4/c1-30-16-13-27-25(9-6-22-19-24(34)12-15-31(22,27)2)26(30)10-7-21(30)4-3-5-29(35)32-17-14-20-18-23(33(36)37)8-11-28(20)32/h8,11,18,21-22,24-27,34H,3-7,9-10,12-17,19H2,1-2H3/t21?,22?,24-,25?,26?,27?,30?,31?/m1/s1. The van der Waals surface area contributed by atoms with Crippen molar-refractivity contribution in [1.29, 1.82) is 0 Å². The van der Waals surface area contributed by atoms with Gasteiger partial charge in [-0.1, -0.05) is 13.8 Å². The number of nitrogens with zero attached hydrogens (tertiary/aromatic N) is 2. The number of aliphatic hydroxyl groups is 1. The van der Waals surface area contributed by atoms with Crippen LogP contribution in [0.2, 0.25) is 0 Å². The van der Waals surface area contributed by atoms with Gasteiger partial charge in [0.2, 0.25) is 5.91 Å². The number of amides is 1. The van der Waals surface area contributed by atoms with Gasteiger partial charge in [-0.15, -0.1) is 0 Å². The molecule has 202 valence electrons. The van der Waals surface area contributed by atoms with Gasteiger partial charge in [-0.25, -0.2) is 0 Å². The molecule has 0 aromatic heterocycles. The third-order valence-electron chi connectivity index (χ3n) is 12.2. The van der Waals surface area contributed by atoms with Gasteiger partial charge >= 0.3 is 0 Å². The minimum Gasteiger partial charge on any atom is -0.393 e. The Bertz CT molecular complexity index is 1070. The Morgan fingerprint density at radius 3 is 2.68 bits per heavy atom. The van der Waals surface area contributed by atoms with Crippen molar-refractivity contribution in [2.75, 3.05) is 11.4 Å². The Hall–Kier alpha value is -1.95. The summed E-state index contributed by atoms with van der Waals surface area (Å²) in [7, 11) is 0. The van der Waals surface area contributed by atoms with Gasteiger partial charge < -0.3 is 10.0 Å². The summed E-state index contributed by atoms with van der Waals surface area (Å²) in [4.78, 5) is 25.7. The third kappa shape index (κ3) is 4.13. The lowest BCUT2D eigenvalue weighted by Crippen LogP contribution is -2.53. The topological polar surface area (TPSA) is 83.7 Å². The van der Waals surface area contributed by atoms with Crippen molar-refractivity contribution in [1.82, 2.24) is 0 Å². The molecular weight excluding hydrogens is 464 g/mol. The number of carbonyl (C=O) groups is 1. The molecule has 8 atom stereocenters. The minimum atomic E-state index is -0.362. The van der Waals surface area contributed by atoms with Crippen LogP contribution >= 0.6 is 0 Å². The van der Waals surface area contributed by atoms with Crippen LogP contribution in [0.5, 0.6) is 0 Å². The van der Waals surface area contributed by atoms with E-state index in [1.54, 1.807) is 12.1 Å². The lowest BCUT2D eigenvalue weighted by atomic mass is 9.44. The lowest BCUT2D eigenvalue weighted by molar-refractivity contribution is -0.384. The lowest BCUT2D eigenvalue weighted by Gasteiger charge is -2.61. The maximum absolute atomic E-state index is 13.1. The summed E-state index contributed by atoms with van der Waals surface area (Å²) in [6, 6.07) is 4.90. The van der Waals surface area contributed by atoms with Crippen LogP contribution in [0.3, 0.4) is 0 Å². The first kappa shape index (κ1) is 25.3. The molecule has 1 aromatic rings. The SMILES string of the molecule is CC12CCC3C(CCC4C[C@H](O)CCC43C)C1CCC2CCCC(=O)N1CCc2cc([N+](=O)[O-])ccc21. The van der Waals surface area contributed by atoms with E-state index in [9.17, 15) is 20.0 Å². The average Bonchev–Trinajstić information content (AvgIpc) is 3.45. The second-order valence-corrected chi connectivity index (χ2v) is 13.7. The molecule has 0 radical (unpaired) electrons. The van der Waals surface area contributed by atoms with Crippen LogP contribution in [0.15, 0.2) is 18.2 Å². The molecule has 6 heteroatoms. The zero-order chi connectivity index (χ0) is 25.9. The predicted octanol–water partition coefficient (Wildman–Crippen LogP) is 6.67. The number of rotatable bonds is 5. The van der Waals surface area contributed by atoms with E-state index in [1.807, 2.05) is 4.90 Å². The number of aliphatic hydroxyl groups excluding tert-OH is 1. The van der Waals surface area contributed by atoms with Crippen LogP contribution < -0.4 is 4.90 Å². The summed E-state index contributed by atoms with van der Waals surface area (Å²) in [6.45, 7) is 5.78. The van der Waals surface area contributed by atoms with Crippen LogP contribution in [0, 0.1) is 50.5 Å². The van der Waals surface area contributed by atoms with E-state index in [2.05, 4.69) is 13.8 Å². The predicted molar refractivity (Wildman–Crippen MR) is 144 cm³/mol. The maximum atomic E-state index is 13.1. The van der Waals surface area contributed by atoms with Gasteiger partial charge in [-0.05, 0) is 129 Å². The molecule has 6 nitrogen and oxygen atoms in total. The van der Waals surface area contributed by atoms with E-state index in [4.69, 9.17) is 0 Å². The van der Waals surface area contributed by atoms with E-state index in [1.165, 1.54) is 51.0 Å². The van der Waals surface area contributed by atoms with E-state index in [-0.39, 0.29) is 22.6 Å². The number of hydrogen-bond donors (Lipinski definition) is 1. The molecule has 1 aromatic carbocycles. The first-order valence-electron chi connectivity index (χ1n) is 15.0. The Morgan fingerprint density at radius 2 is 1.86 bits per heavy atom. The zero-order valence-corrected chi connectivity index (χ0v) is 22.7. The fourth-order valence-corrected chi connectivity index (χ4v) is 10.2. The number of hydrogen-bond acceptors (Lipinski definition) is 4. The molecule has 0 saturated heterocycles. The number of nitro benzene ring substituents is 1. The smallest absolute Gasteiger partial charge is 0.269 e. The molecule has 7 unspecified atom stereocenters. The van der Waals surface area contributed by atoms with Crippen LogP contribution in [0.25, 0.3) is 0 Å². The molecule has 0 bridgehead atoms. The van der Waals surface area contributed by atoms with Crippen LogP contribution in [-0.2, 0) is 11.2 Å². The van der Waals surface area contributed by atoms with Crippen molar-refractivity contribution in [3.8, 4) is 0 Å². The summed E-state index contributed by atoms with van der Waals surface area (Å²) < 4.78 is 0. The van der Waals surface area contributed by atoms with Crippen LogP contribution in [0.4, 0.5) is 11.4 Å². The molecule has 4 aliphatic carbocycles. The van der Waals surface area contributed by atoms with E-state index >= 15 is 0 Å². The number of carbonyl (C=O) groups excluding carboxylic acids is 1. The monoisotopic (exact) mass is 508 g/mol. The fraction of sp³-hybridized carbons (Fsp3) is 0.774.